The molecule has 0 saturated carbocycles. The molecule has 0 aromatic heterocycles. The quantitative estimate of drug-likeness (QED) is 0.594. The second kappa shape index (κ2) is 5.89. The molecule has 5 nitrogen and oxygen atoms in total. The van der Waals surface area contributed by atoms with Gasteiger partial charge in [-0.05, 0) is 19.8 Å². The average Bonchev–Trinajstić information content (AvgIpc) is 2.44. The molecule has 0 saturated heterocycles. The standard InChI is InChI=1S/C10H14NO4P/c1-9-3-2-4-10(6-5-9)7-8-15-16(13,14)11-12/h2-3,5-6H,4,7-8H2,1H3,(H,13,14). The molecule has 1 rings (SSSR count). The van der Waals surface area contributed by atoms with Gasteiger partial charge in [0.25, 0.3) is 0 Å². The molecule has 0 fully saturated rings. The molecule has 0 aromatic rings. The van der Waals surface area contributed by atoms with E-state index in [2.05, 4.69) is 4.52 Å². The molecule has 0 aliphatic heterocycles. The van der Waals surface area contributed by atoms with Crippen LogP contribution in [0, 0.1) is 4.91 Å². The van der Waals surface area contributed by atoms with E-state index in [0.29, 0.717) is 6.42 Å². The van der Waals surface area contributed by atoms with E-state index in [-0.39, 0.29) is 6.61 Å². The van der Waals surface area contributed by atoms with E-state index in [9.17, 15) is 9.47 Å². The van der Waals surface area contributed by atoms with E-state index >= 15 is 0 Å². The summed E-state index contributed by atoms with van der Waals surface area (Å²) in [5.41, 5.74) is 2.23. The molecule has 0 spiro atoms. The third-order valence-corrected chi connectivity index (χ3v) is 2.85. The normalized spacial score (nSPS) is 19.4. The molecule has 0 bridgehead atoms. The highest BCUT2D eigenvalue weighted by Crippen LogP contribution is 2.43. The lowest BCUT2D eigenvalue weighted by atomic mass is 10.1. The molecule has 0 radical (unpaired) electrons. The van der Waals surface area contributed by atoms with Gasteiger partial charge in [-0.1, -0.05) is 35.5 Å². The van der Waals surface area contributed by atoms with Crippen molar-refractivity contribution in [3.05, 3.63) is 40.4 Å². The van der Waals surface area contributed by atoms with Crippen LogP contribution in [-0.4, -0.2) is 11.5 Å². The van der Waals surface area contributed by atoms with E-state index in [1.165, 1.54) is 0 Å². The van der Waals surface area contributed by atoms with Crippen molar-refractivity contribution in [3.8, 4) is 0 Å². The maximum atomic E-state index is 10.8. The summed E-state index contributed by atoms with van der Waals surface area (Å²) in [4.78, 5) is 20.7. The first-order valence-electron chi connectivity index (χ1n) is 4.88. The fourth-order valence-electron chi connectivity index (χ4n) is 1.27. The van der Waals surface area contributed by atoms with Gasteiger partial charge >= 0.3 is 7.75 Å². The zero-order valence-corrected chi connectivity index (χ0v) is 9.89. The average molecular weight is 243 g/mol. The maximum absolute atomic E-state index is 10.8. The number of allylic oxidation sites excluding steroid dienone is 5. The first-order chi connectivity index (χ1) is 7.53. The predicted octanol–water partition coefficient (Wildman–Crippen LogP) is 3.09. The third kappa shape index (κ3) is 4.66. The third-order valence-electron chi connectivity index (χ3n) is 2.13. The van der Waals surface area contributed by atoms with Crippen molar-refractivity contribution in [1.82, 2.24) is 0 Å². The summed E-state index contributed by atoms with van der Waals surface area (Å²) in [5, 5.41) is 0. The maximum Gasteiger partial charge on any atom is 0.487 e. The van der Waals surface area contributed by atoms with Gasteiger partial charge in [-0.3, -0.25) is 4.52 Å². The monoisotopic (exact) mass is 243 g/mol. The molecule has 1 atom stereocenters. The van der Waals surface area contributed by atoms with Crippen molar-refractivity contribution in [2.75, 3.05) is 6.61 Å². The Bertz CT molecular complexity index is 398. The number of hydrogen-bond acceptors (Lipinski definition) is 3. The van der Waals surface area contributed by atoms with Crippen molar-refractivity contribution in [2.45, 2.75) is 19.8 Å². The van der Waals surface area contributed by atoms with Crippen LogP contribution >= 0.6 is 7.75 Å². The number of nitrogens with zero attached hydrogens (tertiary/aromatic N) is 1. The molecule has 0 amide bonds. The zero-order chi connectivity index (χ0) is 12.0. The topological polar surface area (TPSA) is 76.0 Å². The van der Waals surface area contributed by atoms with Crippen molar-refractivity contribution in [3.63, 3.8) is 0 Å². The van der Waals surface area contributed by atoms with Gasteiger partial charge in [0.1, 0.15) is 0 Å². The van der Waals surface area contributed by atoms with Crippen LogP contribution < -0.4 is 0 Å². The Hall–Kier alpha value is -1.03. The highest BCUT2D eigenvalue weighted by atomic mass is 31.2. The Labute approximate surface area is 94.1 Å². The van der Waals surface area contributed by atoms with Crippen LogP contribution in [-0.2, 0) is 9.09 Å². The summed E-state index contributed by atoms with van der Waals surface area (Å²) in [7, 11) is -4.26. The summed E-state index contributed by atoms with van der Waals surface area (Å²) in [6.45, 7) is 2.01. The van der Waals surface area contributed by atoms with E-state index in [4.69, 9.17) is 4.89 Å². The molecule has 6 heteroatoms. The number of nitroso groups, excluding NO2 is 1. The Morgan fingerprint density at radius 1 is 1.56 bits per heavy atom. The minimum atomic E-state index is -4.26. The van der Waals surface area contributed by atoms with Gasteiger partial charge in [0.15, 0.2) is 0 Å². The molecule has 16 heavy (non-hydrogen) atoms. The van der Waals surface area contributed by atoms with Gasteiger partial charge in [-0.25, -0.2) is 4.57 Å². The lowest BCUT2D eigenvalue weighted by Crippen LogP contribution is -1.93. The Balaban J connectivity index is 2.42. The minimum absolute atomic E-state index is 0.0199. The molecule has 1 aliphatic rings. The van der Waals surface area contributed by atoms with Gasteiger partial charge in [-0.15, -0.1) is 4.91 Å². The summed E-state index contributed by atoms with van der Waals surface area (Å²) in [5.74, 6) is 0. The second-order valence-electron chi connectivity index (χ2n) is 3.50. The predicted molar refractivity (Wildman–Crippen MR) is 61.8 cm³/mol. The molecule has 1 N–H and O–H groups in total. The van der Waals surface area contributed by atoms with Crippen molar-refractivity contribution in [1.29, 1.82) is 0 Å². The summed E-state index contributed by atoms with van der Waals surface area (Å²) >= 11 is 0. The van der Waals surface area contributed by atoms with Gasteiger partial charge in [0.05, 0.1) is 6.61 Å². The molecule has 0 aromatic carbocycles. The Morgan fingerprint density at radius 2 is 2.31 bits per heavy atom. The largest absolute Gasteiger partial charge is 0.487 e. The Morgan fingerprint density at radius 3 is 3.00 bits per heavy atom. The van der Waals surface area contributed by atoms with E-state index < -0.39 is 7.75 Å². The fourth-order valence-corrected chi connectivity index (χ4v) is 1.65. The summed E-state index contributed by atoms with van der Waals surface area (Å²) in [6.07, 6.45) is 9.23. The van der Waals surface area contributed by atoms with Gasteiger partial charge in [-0.2, -0.15) is 0 Å². The SMILES string of the molecule is CC1=CC=C(CCOP(=O)(O)N=O)CC=C1. The van der Waals surface area contributed by atoms with E-state index in [0.717, 1.165) is 17.6 Å². The molecule has 0 heterocycles. The molecular weight excluding hydrogens is 229 g/mol. The van der Waals surface area contributed by atoms with E-state index in [1.54, 1.807) is 0 Å². The first kappa shape index (κ1) is 13.0. The molecular formula is C10H14NO4P. The van der Waals surface area contributed by atoms with Crippen LogP contribution in [0.3, 0.4) is 0 Å². The lowest BCUT2D eigenvalue weighted by Gasteiger charge is -2.05. The van der Waals surface area contributed by atoms with Crippen molar-refractivity contribution in [2.24, 2.45) is 4.95 Å². The smallest absolute Gasteiger partial charge is 0.305 e. The number of rotatable bonds is 5. The van der Waals surface area contributed by atoms with Gasteiger partial charge in [0.2, 0.25) is 0 Å². The van der Waals surface area contributed by atoms with Crippen LogP contribution in [0.5, 0.6) is 0 Å². The Kier molecular flexibility index (Phi) is 4.80. The van der Waals surface area contributed by atoms with Crippen LogP contribution in [0.1, 0.15) is 19.8 Å². The van der Waals surface area contributed by atoms with Crippen molar-refractivity contribution >= 4 is 7.75 Å². The van der Waals surface area contributed by atoms with Gasteiger partial charge in [0, 0.05) is 4.95 Å². The summed E-state index contributed by atoms with van der Waals surface area (Å²) < 4.78 is 15.2. The molecule has 88 valence electrons. The highest BCUT2D eigenvalue weighted by molar-refractivity contribution is 7.51. The highest BCUT2D eigenvalue weighted by Gasteiger charge is 2.19. The molecule has 1 aliphatic carbocycles. The zero-order valence-electron chi connectivity index (χ0n) is 9.00. The summed E-state index contributed by atoms with van der Waals surface area (Å²) in [6, 6.07) is 0. The lowest BCUT2D eigenvalue weighted by molar-refractivity contribution is 0.263. The van der Waals surface area contributed by atoms with Crippen LogP contribution in [0.15, 0.2) is 40.4 Å². The first-order valence-corrected chi connectivity index (χ1v) is 6.41. The molecule has 1 unspecified atom stereocenters. The van der Waals surface area contributed by atoms with Crippen LogP contribution in [0.2, 0.25) is 0 Å². The van der Waals surface area contributed by atoms with E-state index in [1.807, 2.05) is 36.2 Å². The number of hydrogen-bond donors (Lipinski definition) is 1. The fraction of sp³-hybridized carbons (Fsp3) is 0.400. The van der Waals surface area contributed by atoms with Crippen molar-refractivity contribution < 1.29 is 14.0 Å². The van der Waals surface area contributed by atoms with Crippen LogP contribution in [0.25, 0.3) is 0 Å². The van der Waals surface area contributed by atoms with Crippen LogP contribution in [0.4, 0.5) is 0 Å². The van der Waals surface area contributed by atoms with Gasteiger partial charge < -0.3 is 4.89 Å². The minimum Gasteiger partial charge on any atom is -0.305 e. The second-order valence-corrected chi connectivity index (χ2v) is 4.90.